The minimum atomic E-state index is -4.09. The van der Waals surface area contributed by atoms with Gasteiger partial charge >= 0.3 is 6.18 Å². The first-order valence-electron chi connectivity index (χ1n) is 11.8. The minimum Gasteiger partial charge on any atom is -0.353 e. The van der Waals surface area contributed by atoms with Gasteiger partial charge in [-0.05, 0) is 55.7 Å². The van der Waals surface area contributed by atoms with Crippen LogP contribution in [-0.2, 0) is 23.1 Å². The summed E-state index contributed by atoms with van der Waals surface area (Å²) in [5.74, 6) is 1.85. The Kier molecular flexibility index (Phi) is 5.61. The maximum absolute atomic E-state index is 12.5. The quantitative estimate of drug-likeness (QED) is 0.523. The molecule has 9 heteroatoms. The summed E-state index contributed by atoms with van der Waals surface area (Å²) in [6.45, 7) is 5.37. The fraction of sp³-hybridized carbons (Fsp3) is 0.520. The highest BCUT2D eigenvalue weighted by Crippen LogP contribution is 2.36. The second-order valence-electron chi connectivity index (χ2n) is 10.0. The summed E-state index contributed by atoms with van der Waals surface area (Å²) in [4.78, 5) is 23.7. The van der Waals surface area contributed by atoms with Gasteiger partial charge in [0.1, 0.15) is 5.78 Å². The zero-order valence-electron chi connectivity index (χ0n) is 19.4. The third-order valence-corrected chi connectivity index (χ3v) is 7.19. The smallest absolute Gasteiger partial charge is 0.353 e. The number of carbonyl (C=O) groups excluding carboxylic acids is 1. The number of fused-ring (bicyclic) bond motifs is 2. The summed E-state index contributed by atoms with van der Waals surface area (Å²) in [5.41, 5.74) is 3.45. The van der Waals surface area contributed by atoms with Crippen LogP contribution in [0.15, 0.2) is 30.6 Å². The second kappa shape index (κ2) is 8.36. The first-order valence-corrected chi connectivity index (χ1v) is 11.8. The summed E-state index contributed by atoms with van der Waals surface area (Å²) < 4.78 is 39.1. The molecule has 34 heavy (non-hydrogen) atoms. The number of rotatable bonds is 6. The molecule has 2 aliphatic rings. The van der Waals surface area contributed by atoms with E-state index in [1.165, 1.54) is 0 Å². The lowest BCUT2D eigenvalue weighted by Crippen LogP contribution is -2.23. The van der Waals surface area contributed by atoms with Crippen molar-refractivity contribution in [1.29, 1.82) is 0 Å². The van der Waals surface area contributed by atoms with Gasteiger partial charge in [0.05, 0.1) is 0 Å². The van der Waals surface area contributed by atoms with E-state index in [4.69, 9.17) is 4.98 Å². The fourth-order valence-electron chi connectivity index (χ4n) is 5.24. The number of anilines is 1. The van der Waals surface area contributed by atoms with E-state index < -0.39 is 18.0 Å². The second-order valence-corrected chi connectivity index (χ2v) is 10.0. The van der Waals surface area contributed by atoms with Crippen LogP contribution in [0.3, 0.4) is 0 Å². The molecule has 3 heterocycles. The molecule has 0 saturated carbocycles. The Morgan fingerprint density at radius 2 is 2.06 bits per heavy atom. The minimum absolute atomic E-state index is 0.165. The molecule has 0 amide bonds. The first-order chi connectivity index (χ1) is 16.1. The van der Waals surface area contributed by atoms with Crippen molar-refractivity contribution in [2.24, 2.45) is 5.92 Å². The Morgan fingerprint density at radius 1 is 1.24 bits per heavy atom. The number of Topliss-reactive ketones (excluding diaryl/α,β-unsaturated/α-hetero) is 1. The maximum Gasteiger partial charge on any atom is 0.389 e. The van der Waals surface area contributed by atoms with Crippen molar-refractivity contribution in [3.05, 3.63) is 53.1 Å². The van der Waals surface area contributed by atoms with Gasteiger partial charge in [-0.3, -0.25) is 4.79 Å². The zero-order valence-corrected chi connectivity index (χ0v) is 19.4. The molecule has 3 aromatic rings. The topological polar surface area (TPSA) is 63.4 Å². The van der Waals surface area contributed by atoms with Gasteiger partial charge in [-0.15, -0.1) is 0 Å². The summed E-state index contributed by atoms with van der Waals surface area (Å²) in [7, 11) is 0. The number of ketones is 1. The van der Waals surface area contributed by atoms with E-state index in [9.17, 15) is 18.0 Å². The van der Waals surface area contributed by atoms with Crippen molar-refractivity contribution in [2.45, 2.75) is 64.0 Å². The average molecular weight is 472 g/mol. The van der Waals surface area contributed by atoms with Gasteiger partial charge in [-0.2, -0.15) is 18.3 Å². The lowest BCUT2D eigenvalue weighted by atomic mass is 9.85. The number of hydrogen-bond donors (Lipinski definition) is 0. The van der Waals surface area contributed by atoms with E-state index in [0.29, 0.717) is 37.3 Å². The highest BCUT2D eigenvalue weighted by molar-refractivity contribution is 5.95. The molecule has 6 nitrogen and oxygen atoms in total. The molecule has 1 unspecified atom stereocenters. The van der Waals surface area contributed by atoms with Crippen molar-refractivity contribution in [2.75, 3.05) is 18.0 Å². The number of benzene rings is 1. The van der Waals surface area contributed by atoms with Crippen LogP contribution < -0.4 is 4.90 Å². The fourth-order valence-corrected chi connectivity index (χ4v) is 5.24. The third kappa shape index (κ3) is 4.40. The molecule has 0 bridgehead atoms. The molecule has 1 aliphatic heterocycles. The summed E-state index contributed by atoms with van der Waals surface area (Å²) in [6.07, 6.45) is 1.22. The van der Waals surface area contributed by atoms with E-state index >= 15 is 0 Å². The van der Waals surface area contributed by atoms with Gasteiger partial charge in [0.25, 0.3) is 0 Å². The number of aromatic nitrogens is 4. The van der Waals surface area contributed by atoms with Gasteiger partial charge < -0.3 is 4.90 Å². The summed E-state index contributed by atoms with van der Waals surface area (Å²) in [6, 6.07) is 6.16. The molecule has 0 spiro atoms. The van der Waals surface area contributed by atoms with E-state index in [-0.39, 0.29) is 18.1 Å². The molecule has 1 fully saturated rings. The van der Waals surface area contributed by atoms with Crippen molar-refractivity contribution in [3.63, 3.8) is 0 Å². The molecule has 1 atom stereocenters. The van der Waals surface area contributed by atoms with E-state index in [1.807, 2.05) is 26.0 Å². The molecule has 2 aromatic heterocycles. The molecular formula is C25H28F3N5O. The highest BCUT2D eigenvalue weighted by atomic mass is 19.4. The predicted molar refractivity (Wildman–Crippen MR) is 122 cm³/mol. The molecule has 1 aliphatic carbocycles. The van der Waals surface area contributed by atoms with Crippen LogP contribution in [0.4, 0.5) is 19.0 Å². The van der Waals surface area contributed by atoms with Gasteiger partial charge in [0.15, 0.2) is 17.3 Å². The molecule has 1 aromatic carbocycles. The Labute approximate surface area is 196 Å². The van der Waals surface area contributed by atoms with Crippen molar-refractivity contribution < 1.29 is 18.0 Å². The van der Waals surface area contributed by atoms with Crippen molar-refractivity contribution in [3.8, 4) is 0 Å². The summed E-state index contributed by atoms with van der Waals surface area (Å²) >= 11 is 0. The van der Waals surface area contributed by atoms with Gasteiger partial charge in [-0.1, -0.05) is 18.2 Å². The molecule has 5 rings (SSSR count). The van der Waals surface area contributed by atoms with Gasteiger partial charge in [-0.25, -0.2) is 14.5 Å². The lowest BCUT2D eigenvalue weighted by Gasteiger charge is -2.17. The number of hydrogen-bond acceptors (Lipinski definition) is 5. The first kappa shape index (κ1) is 22.8. The Morgan fingerprint density at radius 3 is 2.85 bits per heavy atom. The number of halogens is 3. The summed E-state index contributed by atoms with van der Waals surface area (Å²) in [5, 5.41) is 4.62. The standard InChI is InChI=1S/C25H28F3N5O/c1-24(2)19-6-5-17(12-18(19)14-20(24)34)13-21-30-23-22(29-9-11-33(23)31-21)32-10-7-16(15-32)4-3-8-25(26,27)28/h5-6,9,11-12,16H,3-4,7-8,10,13-15H2,1-2H3. The monoisotopic (exact) mass is 471 g/mol. The van der Waals surface area contributed by atoms with Gasteiger partial charge in [0, 0.05) is 50.2 Å². The maximum atomic E-state index is 12.5. The highest BCUT2D eigenvalue weighted by Gasteiger charge is 2.37. The zero-order chi connectivity index (χ0) is 24.1. The van der Waals surface area contributed by atoms with Crippen molar-refractivity contribution >= 4 is 17.2 Å². The van der Waals surface area contributed by atoms with Crippen LogP contribution >= 0.6 is 0 Å². The van der Waals surface area contributed by atoms with Crippen molar-refractivity contribution in [1.82, 2.24) is 19.6 Å². The normalized spacial score (nSPS) is 19.9. The number of carbonyl (C=O) groups is 1. The molecule has 1 saturated heterocycles. The average Bonchev–Trinajstić information content (AvgIpc) is 3.43. The van der Waals surface area contributed by atoms with Crippen LogP contribution in [0.25, 0.3) is 5.65 Å². The predicted octanol–water partition coefficient (Wildman–Crippen LogP) is 4.68. The largest absolute Gasteiger partial charge is 0.389 e. The lowest BCUT2D eigenvalue weighted by molar-refractivity contribution is -0.136. The van der Waals surface area contributed by atoms with Crippen LogP contribution in [0.2, 0.25) is 0 Å². The Bertz CT molecular complexity index is 1230. The van der Waals surface area contributed by atoms with E-state index in [1.54, 1.807) is 16.9 Å². The van der Waals surface area contributed by atoms with Crippen LogP contribution in [0.5, 0.6) is 0 Å². The van der Waals surface area contributed by atoms with Crippen LogP contribution in [0, 0.1) is 5.92 Å². The Hall–Kier alpha value is -2.97. The third-order valence-electron chi connectivity index (χ3n) is 7.19. The van der Waals surface area contributed by atoms with E-state index in [2.05, 4.69) is 21.0 Å². The molecular weight excluding hydrogens is 443 g/mol. The molecule has 0 radical (unpaired) electrons. The number of nitrogens with zero attached hydrogens (tertiary/aromatic N) is 5. The Balaban J connectivity index is 1.30. The molecule has 0 N–H and O–H groups in total. The van der Waals surface area contributed by atoms with E-state index in [0.717, 1.165) is 35.5 Å². The number of alkyl halides is 3. The molecule has 180 valence electrons. The van der Waals surface area contributed by atoms with Crippen LogP contribution in [0.1, 0.15) is 62.0 Å². The van der Waals surface area contributed by atoms with Gasteiger partial charge in [0.2, 0.25) is 0 Å². The van der Waals surface area contributed by atoms with Crippen LogP contribution in [-0.4, -0.2) is 44.6 Å². The SMILES string of the molecule is CC1(C)C(=O)Cc2cc(Cc3nc4c(N5CCC(CCCC(F)(F)F)C5)nccn4n3)ccc21.